The third-order valence-corrected chi connectivity index (χ3v) is 6.48. The molecule has 0 saturated carbocycles. The Kier molecular flexibility index (Phi) is 22.3. The number of rotatable bonds is 26. The number of unbranched alkanes of at least 4 members (excludes halogenated alkanes) is 14. The minimum Gasteiger partial charge on any atom is -0.480 e. The van der Waals surface area contributed by atoms with Crippen LogP contribution in [-0.4, -0.2) is 52.3 Å². The Morgan fingerprint density at radius 3 is 1.38 bits per heavy atom. The zero-order valence-corrected chi connectivity index (χ0v) is 22.8. The van der Waals surface area contributed by atoms with Crippen LogP contribution in [0.3, 0.4) is 0 Å². The highest BCUT2D eigenvalue weighted by molar-refractivity contribution is 5.86. The highest BCUT2D eigenvalue weighted by Crippen LogP contribution is 2.14. The normalized spacial score (nSPS) is 12.5. The molecule has 0 radical (unpaired) electrons. The smallest absolute Gasteiger partial charge is 0.326 e. The standard InChI is InChI=1S/C28H50N2O7/c1-2-18-23(27(34)35)29-26(33)21-20-24(28(36)37)30-25(32)19-16-14-12-10-8-6-4-3-5-7-9-11-13-15-17-22-31/h22-24H,2-21H2,1H3,(H,29,33)(H,30,32)(H,34,35)(H,36,37). The number of aliphatic carboxylic acids is 2. The van der Waals surface area contributed by atoms with Crippen molar-refractivity contribution in [3.8, 4) is 0 Å². The van der Waals surface area contributed by atoms with Gasteiger partial charge in [-0.3, -0.25) is 9.59 Å². The lowest BCUT2D eigenvalue weighted by Gasteiger charge is -2.16. The van der Waals surface area contributed by atoms with Crippen molar-refractivity contribution in [1.29, 1.82) is 0 Å². The molecule has 0 aliphatic heterocycles. The molecular weight excluding hydrogens is 476 g/mol. The van der Waals surface area contributed by atoms with Crippen molar-refractivity contribution in [1.82, 2.24) is 10.6 Å². The van der Waals surface area contributed by atoms with Crippen LogP contribution in [-0.2, 0) is 24.0 Å². The van der Waals surface area contributed by atoms with E-state index in [2.05, 4.69) is 10.6 Å². The molecule has 0 fully saturated rings. The molecule has 37 heavy (non-hydrogen) atoms. The maximum atomic E-state index is 12.1. The number of carbonyl (C=O) groups excluding carboxylic acids is 3. The van der Waals surface area contributed by atoms with Crippen LogP contribution in [0.4, 0.5) is 0 Å². The van der Waals surface area contributed by atoms with E-state index in [0.717, 1.165) is 38.4 Å². The summed E-state index contributed by atoms with van der Waals surface area (Å²) in [6, 6.07) is -2.16. The van der Waals surface area contributed by atoms with Gasteiger partial charge in [-0.15, -0.1) is 0 Å². The molecule has 4 N–H and O–H groups in total. The predicted octanol–water partition coefficient (Wildman–Crippen LogP) is 5.15. The second-order valence-corrected chi connectivity index (χ2v) is 9.90. The van der Waals surface area contributed by atoms with Crippen molar-refractivity contribution in [3.63, 3.8) is 0 Å². The van der Waals surface area contributed by atoms with E-state index in [0.29, 0.717) is 25.7 Å². The van der Waals surface area contributed by atoms with Crippen LogP contribution in [0.1, 0.15) is 135 Å². The third kappa shape index (κ3) is 21.4. The summed E-state index contributed by atoms with van der Waals surface area (Å²) in [6.45, 7) is 1.81. The lowest BCUT2D eigenvalue weighted by atomic mass is 10.0. The van der Waals surface area contributed by atoms with Gasteiger partial charge >= 0.3 is 11.9 Å². The molecule has 0 aromatic heterocycles. The number of aldehydes is 1. The molecule has 2 atom stereocenters. The molecule has 9 nitrogen and oxygen atoms in total. The number of hydrogen-bond donors (Lipinski definition) is 4. The summed E-state index contributed by atoms with van der Waals surface area (Å²) >= 11 is 0. The molecule has 0 saturated heterocycles. The first-order valence-corrected chi connectivity index (χ1v) is 14.3. The van der Waals surface area contributed by atoms with Gasteiger partial charge in [0.25, 0.3) is 0 Å². The fourth-order valence-electron chi connectivity index (χ4n) is 4.25. The van der Waals surface area contributed by atoms with Gasteiger partial charge < -0.3 is 25.6 Å². The lowest BCUT2D eigenvalue weighted by molar-refractivity contribution is -0.143. The molecule has 0 aromatic carbocycles. The Morgan fingerprint density at radius 2 is 0.973 bits per heavy atom. The fraction of sp³-hybridized carbons (Fsp3) is 0.821. The van der Waals surface area contributed by atoms with Crippen molar-refractivity contribution in [2.45, 2.75) is 147 Å². The van der Waals surface area contributed by atoms with Crippen LogP contribution < -0.4 is 10.6 Å². The molecule has 0 rings (SSSR count). The summed E-state index contributed by atoms with van der Waals surface area (Å²) < 4.78 is 0. The van der Waals surface area contributed by atoms with Crippen molar-refractivity contribution in [3.05, 3.63) is 0 Å². The summed E-state index contributed by atoms with van der Waals surface area (Å²) in [7, 11) is 0. The van der Waals surface area contributed by atoms with Gasteiger partial charge in [-0.1, -0.05) is 90.4 Å². The summed E-state index contributed by atoms with van der Waals surface area (Å²) in [5, 5.41) is 23.3. The van der Waals surface area contributed by atoms with Gasteiger partial charge in [-0.2, -0.15) is 0 Å². The van der Waals surface area contributed by atoms with Crippen LogP contribution >= 0.6 is 0 Å². The highest BCUT2D eigenvalue weighted by atomic mass is 16.4. The zero-order chi connectivity index (χ0) is 27.7. The maximum Gasteiger partial charge on any atom is 0.326 e. The van der Waals surface area contributed by atoms with Crippen molar-refractivity contribution in [2.75, 3.05) is 0 Å². The molecule has 0 heterocycles. The Balaban J connectivity index is 3.80. The number of nitrogens with one attached hydrogen (secondary N) is 2. The fourth-order valence-corrected chi connectivity index (χ4v) is 4.25. The van der Waals surface area contributed by atoms with Crippen LogP contribution in [0.15, 0.2) is 0 Å². The minimum atomic E-state index is -1.21. The van der Waals surface area contributed by atoms with Crippen LogP contribution in [0.25, 0.3) is 0 Å². The summed E-state index contributed by atoms with van der Waals surface area (Å²) in [5.74, 6) is -3.21. The number of amides is 2. The molecule has 0 aliphatic rings. The van der Waals surface area contributed by atoms with E-state index in [1.807, 2.05) is 6.92 Å². The maximum absolute atomic E-state index is 12.1. The highest BCUT2D eigenvalue weighted by Gasteiger charge is 2.23. The Bertz CT molecular complexity index is 654. The molecule has 0 aromatic rings. The number of carbonyl (C=O) groups is 5. The first-order valence-electron chi connectivity index (χ1n) is 14.3. The van der Waals surface area contributed by atoms with E-state index in [4.69, 9.17) is 5.11 Å². The first-order chi connectivity index (χ1) is 17.8. The largest absolute Gasteiger partial charge is 0.480 e. The average Bonchev–Trinajstić information content (AvgIpc) is 2.85. The zero-order valence-electron chi connectivity index (χ0n) is 22.8. The Hall–Kier alpha value is -2.45. The molecular formula is C28H50N2O7. The van der Waals surface area contributed by atoms with E-state index in [9.17, 15) is 29.1 Å². The van der Waals surface area contributed by atoms with Crippen molar-refractivity contribution < 1.29 is 34.2 Å². The van der Waals surface area contributed by atoms with Gasteiger partial charge in [0.1, 0.15) is 18.4 Å². The van der Waals surface area contributed by atoms with Crippen LogP contribution in [0.5, 0.6) is 0 Å². The number of carboxylic acids is 2. The second kappa shape index (κ2) is 23.9. The SMILES string of the molecule is CCCC(NC(=O)CCC(NC(=O)CCCCCCCCCCCCCCCCC=O)C(=O)O)C(=O)O. The summed E-state index contributed by atoms with van der Waals surface area (Å²) in [5.41, 5.74) is 0. The number of carboxylic acid groups (broad SMARTS) is 2. The van der Waals surface area contributed by atoms with E-state index in [-0.39, 0.29) is 25.2 Å². The summed E-state index contributed by atoms with van der Waals surface area (Å²) in [4.78, 5) is 57.0. The monoisotopic (exact) mass is 526 g/mol. The van der Waals surface area contributed by atoms with Gasteiger partial charge in [-0.05, 0) is 25.7 Å². The van der Waals surface area contributed by atoms with E-state index in [1.54, 1.807) is 0 Å². The average molecular weight is 527 g/mol. The van der Waals surface area contributed by atoms with Gasteiger partial charge in [0, 0.05) is 19.3 Å². The lowest BCUT2D eigenvalue weighted by Crippen LogP contribution is -2.43. The van der Waals surface area contributed by atoms with Gasteiger partial charge in [0.15, 0.2) is 0 Å². The van der Waals surface area contributed by atoms with Gasteiger partial charge in [0.2, 0.25) is 11.8 Å². The van der Waals surface area contributed by atoms with Crippen molar-refractivity contribution in [2.24, 2.45) is 0 Å². The molecule has 9 heteroatoms. The summed E-state index contributed by atoms with van der Waals surface area (Å²) in [6.07, 6.45) is 18.6. The second-order valence-electron chi connectivity index (χ2n) is 9.90. The van der Waals surface area contributed by atoms with Gasteiger partial charge in [-0.25, -0.2) is 9.59 Å². The van der Waals surface area contributed by atoms with Crippen molar-refractivity contribution >= 4 is 30.0 Å². The van der Waals surface area contributed by atoms with Crippen LogP contribution in [0, 0.1) is 0 Å². The molecule has 0 aliphatic carbocycles. The van der Waals surface area contributed by atoms with E-state index in [1.165, 1.54) is 51.4 Å². The molecule has 2 unspecified atom stereocenters. The quantitative estimate of drug-likeness (QED) is 0.0899. The van der Waals surface area contributed by atoms with Gasteiger partial charge in [0.05, 0.1) is 0 Å². The predicted molar refractivity (Wildman–Crippen MR) is 143 cm³/mol. The van der Waals surface area contributed by atoms with E-state index < -0.39 is 29.9 Å². The number of hydrogen-bond acceptors (Lipinski definition) is 5. The van der Waals surface area contributed by atoms with E-state index >= 15 is 0 Å². The Labute approximate surface area is 222 Å². The van der Waals surface area contributed by atoms with Crippen LogP contribution in [0.2, 0.25) is 0 Å². The Morgan fingerprint density at radius 1 is 0.595 bits per heavy atom. The molecule has 0 bridgehead atoms. The third-order valence-electron chi connectivity index (χ3n) is 6.48. The molecule has 0 spiro atoms. The topological polar surface area (TPSA) is 150 Å². The first kappa shape index (κ1) is 34.6. The molecule has 214 valence electrons. The molecule has 2 amide bonds. The minimum absolute atomic E-state index is 0.0905.